The standard InChI is InChI=1S/C16H23N3O2S/c1-2-20-8-9-21-12-13-4-3-7-19(11-13)15-5-6-18-16(22)14(15)10-17/h5-6,13H,2-4,7-9,11-12H2,1H3,(H,18,22). The van der Waals surface area contributed by atoms with Crippen LogP contribution in [0, 0.1) is 21.9 Å². The van der Waals surface area contributed by atoms with Crippen LogP contribution in [0.4, 0.5) is 5.69 Å². The number of pyridine rings is 1. The normalized spacial score (nSPS) is 18.2. The summed E-state index contributed by atoms with van der Waals surface area (Å²) in [6, 6.07) is 4.15. The summed E-state index contributed by atoms with van der Waals surface area (Å²) < 4.78 is 11.5. The smallest absolute Gasteiger partial charge is 0.123 e. The van der Waals surface area contributed by atoms with Crippen LogP contribution in [0.3, 0.4) is 0 Å². The molecule has 0 spiro atoms. The SMILES string of the molecule is CCOCCOCC1CCCN(c2cc[nH]c(=S)c2C#N)C1. The Kier molecular flexibility index (Phi) is 6.84. The highest BCUT2D eigenvalue weighted by Gasteiger charge is 2.22. The van der Waals surface area contributed by atoms with E-state index < -0.39 is 0 Å². The fourth-order valence-electron chi connectivity index (χ4n) is 2.77. The van der Waals surface area contributed by atoms with Gasteiger partial charge in [-0.15, -0.1) is 0 Å². The molecule has 1 aliphatic rings. The molecule has 1 N–H and O–H groups in total. The van der Waals surface area contributed by atoms with E-state index in [0.717, 1.165) is 44.8 Å². The molecule has 0 saturated carbocycles. The van der Waals surface area contributed by atoms with Gasteiger partial charge in [0.25, 0.3) is 0 Å². The van der Waals surface area contributed by atoms with Crippen LogP contribution >= 0.6 is 12.2 Å². The monoisotopic (exact) mass is 321 g/mol. The van der Waals surface area contributed by atoms with E-state index in [2.05, 4.69) is 16.0 Å². The Labute approximate surface area is 136 Å². The maximum Gasteiger partial charge on any atom is 0.123 e. The van der Waals surface area contributed by atoms with Gasteiger partial charge in [0.15, 0.2) is 0 Å². The molecule has 0 radical (unpaired) electrons. The van der Waals surface area contributed by atoms with Gasteiger partial charge in [-0.25, -0.2) is 0 Å². The van der Waals surface area contributed by atoms with Gasteiger partial charge in [0.05, 0.1) is 25.5 Å². The molecule has 1 aromatic rings. The van der Waals surface area contributed by atoms with Crippen molar-refractivity contribution in [2.24, 2.45) is 5.92 Å². The lowest BCUT2D eigenvalue weighted by molar-refractivity contribution is 0.0352. The number of piperidine rings is 1. The largest absolute Gasteiger partial charge is 0.379 e. The van der Waals surface area contributed by atoms with Crippen molar-refractivity contribution in [2.75, 3.05) is 44.4 Å². The summed E-state index contributed by atoms with van der Waals surface area (Å²) in [4.78, 5) is 5.17. The van der Waals surface area contributed by atoms with E-state index in [1.165, 1.54) is 0 Å². The number of nitriles is 1. The van der Waals surface area contributed by atoms with Crippen molar-refractivity contribution in [3.05, 3.63) is 22.5 Å². The summed E-state index contributed by atoms with van der Waals surface area (Å²) in [7, 11) is 0. The molecule has 1 unspecified atom stereocenters. The third-order valence-corrected chi connectivity index (χ3v) is 4.16. The van der Waals surface area contributed by atoms with Gasteiger partial charge in [0.2, 0.25) is 0 Å². The Hall–Kier alpha value is -1.42. The van der Waals surface area contributed by atoms with E-state index in [9.17, 15) is 5.26 Å². The number of hydrogen-bond acceptors (Lipinski definition) is 5. The van der Waals surface area contributed by atoms with Gasteiger partial charge in [-0.05, 0) is 31.7 Å². The molecule has 1 saturated heterocycles. The van der Waals surface area contributed by atoms with E-state index in [0.29, 0.717) is 29.3 Å². The first-order valence-electron chi connectivity index (χ1n) is 7.78. The number of hydrogen-bond donors (Lipinski definition) is 1. The van der Waals surface area contributed by atoms with Gasteiger partial charge >= 0.3 is 0 Å². The van der Waals surface area contributed by atoms with E-state index in [4.69, 9.17) is 21.7 Å². The van der Waals surface area contributed by atoms with Crippen LogP contribution in [0.2, 0.25) is 0 Å². The van der Waals surface area contributed by atoms with Crippen LogP contribution in [-0.2, 0) is 9.47 Å². The molecule has 22 heavy (non-hydrogen) atoms. The number of aromatic nitrogens is 1. The molecule has 120 valence electrons. The number of nitrogens with one attached hydrogen (secondary N) is 1. The van der Waals surface area contributed by atoms with Gasteiger partial charge in [-0.1, -0.05) is 12.2 Å². The predicted octanol–water partition coefficient (Wildman–Crippen LogP) is 2.89. The Bertz CT molecular complexity index is 567. The van der Waals surface area contributed by atoms with E-state index >= 15 is 0 Å². The molecule has 1 aliphatic heterocycles. The number of rotatable bonds is 7. The highest BCUT2D eigenvalue weighted by Crippen LogP contribution is 2.26. The zero-order valence-electron chi connectivity index (χ0n) is 13.0. The van der Waals surface area contributed by atoms with Crippen LogP contribution < -0.4 is 4.90 Å². The van der Waals surface area contributed by atoms with Crippen molar-refractivity contribution in [3.63, 3.8) is 0 Å². The second-order valence-corrected chi connectivity index (χ2v) is 5.81. The zero-order chi connectivity index (χ0) is 15.8. The Morgan fingerprint density at radius 1 is 1.45 bits per heavy atom. The van der Waals surface area contributed by atoms with Crippen LogP contribution in [0.25, 0.3) is 0 Å². The molecule has 0 bridgehead atoms. The average Bonchev–Trinajstić information content (AvgIpc) is 2.55. The van der Waals surface area contributed by atoms with Gasteiger partial charge in [0.1, 0.15) is 16.3 Å². The minimum atomic E-state index is 0.486. The van der Waals surface area contributed by atoms with Crippen molar-refractivity contribution in [1.82, 2.24) is 4.98 Å². The maximum atomic E-state index is 9.32. The number of anilines is 1. The summed E-state index contributed by atoms with van der Waals surface area (Å²) >= 11 is 5.20. The van der Waals surface area contributed by atoms with Crippen molar-refractivity contribution in [3.8, 4) is 6.07 Å². The first kappa shape index (κ1) is 16.9. The van der Waals surface area contributed by atoms with Gasteiger partial charge < -0.3 is 19.4 Å². The lowest BCUT2D eigenvalue weighted by Crippen LogP contribution is -2.37. The lowest BCUT2D eigenvalue weighted by Gasteiger charge is -2.34. The number of aromatic amines is 1. The first-order valence-corrected chi connectivity index (χ1v) is 8.19. The molecule has 1 fully saturated rings. The summed E-state index contributed by atoms with van der Waals surface area (Å²) in [5.74, 6) is 0.486. The van der Waals surface area contributed by atoms with Crippen molar-refractivity contribution in [2.45, 2.75) is 19.8 Å². The summed E-state index contributed by atoms with van der Waals surface area (Å²) in [5, 5.41) is 9.32. The van der Waals surface area contributed by atoms with Crippen LogP contribution in [0.1, 0.15) is 25.3 Å². The van der Waals surface area contributed by atoms with E-state index in [1.54, 1.807) is 6.20 Å². The molecule has 6 heteroatoms. The van der Waals surface area contributed by atoms with Crippen molar-refractivity contribution >= 4 is 17.9 Å². The number of nitrogens with zero attached hydrogens (tertiary/aromatic N) is 2. The molecule has 2 rings (SSSR count). The Morgan fingerprint density at radius 3 is 3.05 bits per heavy atom. The summed E-state index contributed by atoms with van der Waals surface area (Å²) in [6.07, 6.45) is 4.07. The molecule has 5 nitrogen and oxygen atoms in total. The molecule has 0 aliphatic carbocycles. The zero-order valence-corrected chi connectivity index (χ0v) is 13.8. The van der Waals surface area contributed by atoms with Crippen LogP contribution in [0.5, 0.6) is 0 Å². The maximum absolute atomic E-state index is 9.32. The minimum Gasteiger partial charge on any atom is -0.379 e. The fraction of sp³-hybridized carbons (Fsp3) is 0.625. The second kappa shape index (κ2) is 8.89. The van der Waals surface area contributed by atoms with Crippen molar-refractivity contribution < 1.29 is 9.47 Å². The van der Waals surface area contributed by atoms with Gasteiger partial charge in [0, 0.05) is 25.9 Å². The Balaban J connectivity index is 1.92. The Morgan fingerprint density at radius 2 is 2.27 bits per heavy atom. The predicted molar refractivity (Wildman–Crippen MR) is 88.6 cm³/mol. The fourth-order valence-corrected chi connectivity index (χ4v) is 2.99. The second-order valence-electron chi connectivity index (χ2n) is 5.40. The quantitative estimate of drug-likeness (QED) is 0.618. The minimum absolute atomic E-state index is 0.486. The van der Waals surface area contributed by atoms with E-state index in [1.807, 2.05) is 13.0 Å². The topological polar surface area (TPSA) is 61.3 Å². The highest BCUT2D eigenvalue weighted by molar-refractivity contribution is 7.71. The third kappa shape index (κ3) is 4.54. The molecule has 1 aromatic heterocycles. The van der Waals surface area contributed by atoms with Crippen LogP contribution in [-0.4, -0.2) is 44.5 Å². The molecule has 1 atom stereocenters. The van der Waals surface area contributed by atoms with E-state index in [-0.39, 0.29) is 0 Å². The molecular weight excluding hydrogens is 298 g/mol. The lowest BCUT2D eigenvalue weighted by atomic mass is 9.98. The summed E-state index contributed by atoms with van der Waals surface area (Å²) in [6.45, 7) is 6.61. The third-order valence-electron chi connectivity index (χ3n) is 3.84. The first-order chi connectivity index (χ1) is 10.8. The molecular formula is C16H23N3O2S. The highest BCUT2D eigenvalue weighted by atomic mass is 32.1. The van der Waals surface area contributed by atoms with Crippen molar-refractivity contribution in [1.29, 1.82) is 5.26 Å². The summed E-state index contributed by atoms with van der Waals surface area (Å²) in [5.41, 5.74) is 1.50. The van der Waals surface area contributed by atoms with Gasteiger partial charge in [-0.3, -0.25) is 0 Å². The number of H-pyrrole nitrogens is 1. The number of ether oxygens (including phenoxy) is 2. The van der Waals surface area contributed by atoms with Gasteiger partial charge in [-0.2, -0.15) is 5.26 Å². The molecule has 0 aromatic carbocycles. The van der Waals surface area contributed by atoms with Crippen LogP contribution in [0.15, 0.2) is 12.3 Å². The molecule has 0 amide bonds. The average molecular weight is 321 g/mol. The molecule has 2 heterocycles.